The average molecular weight is 429 g/mol. The zero-order valence-electron chi connectivity index (χ0n) is 14.1. The van der Waals surface area contributed by atoms with Gasteiger partial charge in [0.05, 0.1) is 5.36 Å². The molecule has 4 rings (SSSR count). The summed E-state index contributed by atoms with van der Waals surface area (Å²) >= 11 is 5.07. The molecule has 2 aliphatic heterocycles. The van der Waals surface area contributed by atoms with Crippen molar-refractivity contribution in [2.75, 3.05) is 5.75 Å². The van der Waals surface area contributed by atoms with Gasteiger partial charge in [0, 0.05) is 15.4 Å². The van der Waals surface area contributed by atoms with Gasteiger partial charge in [-0.2, -0.15) is 0 Å². The minimum Gasteiger partial charge on any atom is -0.298 e. The van der Waals surface area contributed by atoms with Crippen molar-refractivity contribution in [3.63, 3.8) is 0 Å². The molecule has 0 aliphatic carbocycles. The lowest BCUT2D eigenvalue weighted by Crippen LogP contribution is -2.50. The van der Waals surface area contributed by atoms with Gasteiger partial charge in [0.2, 0.25) is 0 Å². The first-order chi connectivity index (χ1) is 12.7. The van der Waals surface area contributed by atoms with E-state index < -0.39 is 0 Å². The summed E-state index contributed by atoms with van der Waals surface area (Å²) in [6.07, 6.45) is 0.638. The summed E-state index contributed by atoms with van der Waals surface area (Å²) < 4.78 is 0.969. The molecule has 2 heterocycles. The number of halogens is 1. The number of amidine groups is 1. The topological polar surface area (TPSA) is 57.1 Å². The van der Waals surface area contributed by atoms with Crippen LogP contribution in [0, 0.1) is 0 Å². The molecule has 1 atom stereocenters. The number of benzene rings is 2. The zero-order chi connectivity index (χ0) is 18.1. The van der Waals surface area contributed by atoms with Crippen LogP contribution < -0.4 is 15.9 Å². The second-order valence-corrected chi connectivity index (χ2v) is 7.98. The van der Waals surface area contributed by atoms with Crippen molar-refractivity contribution >= 4 is 44.5 Å². The minimum atomic E-state index is -0.374. The molecule has 0 radical (unpaired) electrons. The number of carbonyl (C=O) groups excluding carboxylic acids is 1. The lowest BCUT2D eigenvalue weighted by atomic mass is 10.1. The number of hydrazone groups is 1. The SMILES string of the molecule is CCCSC1=NN2C(=c3ccccc3=N[C@H]2c2cccc(Br)c2)C(=O)N1. The molecule has 2 aromatic carbocycles. The number of carbonyl (C=O) groups is 1. The fraction of sp³-hybridized carbons (Fsp3) is 0.211. The number of fused-ring (bicyclic) bond motifs is 2. The summed E-state index contributed by atoms with van der Waals surface area (Å²) in [5.74, 6) is 0.762. The summed E-state index contributed by atoms with van der Waals surface area (Å²) in [4.78, 5) is 17.8. The highest BCUT2D eigenvalue weighted by molar-refractivity contribution is 9.10. The van der Waals surface area contributed by atoms with E-state index in [1.54, 1.807) is 16.8 Å². The molecular formula is C19H17BrN4OS. The molecule has 1 amide bonds. The van der Waals surface area contributed by atoms with Gasteiger partial charge in [-0.1, -0.05) is 64.9 Å². The predicted octanol–water partition coefficient (Wildman–Crippen LogP) is 2.74. The maximum Gasteiger partial charge on any atom is 0.276 e. The van der Waals surface area contributed by atoms with Crippen LogP contribution in [0.3, 0.4) is 0 Å². The van der Waals surface area contributed by atoms with Gasteiger partial charge in [-0.25, -0.2) is 5.01 Å². The highest BCUT2D eigenvalue weighted by atomic mass is 79.9. The van der Waals surface area contributed by atoms with Gasteiger partial charge in [0.15, 0.2) is 11.3 Å². The number of rotatable bonds is 3. The largest absolute Gasteiger partial charge is 0.298 e. The van der Waals surface area contributed by atoms with Gasteiger partial charge >= 0.3 is 0 Å². The normalized spacial score (nSPS) is 18.5. The summed E-state index contributed by atoms with van der Waals surface area (Å²) in [5.41, 5.74) is 1.52. The monoisotopic (exact) mass is 428 g/mol. The van der Waals surface area contributed by atoms with Gasteiger partial charge in [-0.15, -0.1) is 5.10 Å². The summed E-state index contributed by atoms with van der Waals surface area (Å²) in [6, 6.07) is 15.7. The van der Waals surface area contributed by atoms with Crippen molar-refractivity contribution in [1.82, 2.24) is 10.3 Å². The molecule has 0 saturated carbocycles. The molecule has 0 aromatic heterocycles. The second kappa shape index (κ2) is 7.25. The fourth-order valence-electron chi connectivity index (χ4n) is 2.98. The second-order valence-electron chi connectivity index (χ2n) is 5.98. The first-order valence-corrected chi connectivity index (χ1v) is 10.2. The number of amides is 1. The van der Waals surface area contributed by atoms with E-state index in [9.17, 15) is 4.79 Å². The predicted molar refractivity (Wildman–Crippen MR) is 108 cm³/mol. The van der Waals surface area contributed by atoms with E-state index in [0.717, 1.165) is 32.8 Å². The number of nitrogens with one attached hydrogen (secondary N) is 1. The third-order valence-electron chi connectivity index (χ3n) is 4.11. The van der Waals surface area contributed by atoms with Gasteiger partial charge in [0.1, 0.15) is 5.70 Å². The fourth-order valence-corrected chi connectivity index (χ4v) is 4.10. The van der Waals surface area contributed by atoms with E-state index in [1.165, 1.54) is 0 Å². The standard InChI is InChI=1S/C19H17BrN4OS/c1-2-10-26-19-22-18(25)16-14-8-3-4-9-15(14)21-17(24(16)23-19)12-6-5-7-13(20)11-12/h3-9,11,17H,2,10H2,1H3,(H,22,23,25)/t17-/m1/s1. The van der Waals surface area contributed by atoms with Gasteiger partial charge in [-0.05, 0) is 30.2 Å². The van der Waals surface area contributed by atoms with Crippen LogP contribution in [0.2, 0.25) is 0 Å². The summed E-state index contributed by atoms with van der Waals surface area (Å²) in [5, 5.41) is 11.6. The highest BCUT2D eigenvalue weighted by Crippen LogP contribution is 2.31. The number of thioether (sulfide) groups is 1. The third kappa shape index (κ3) is 3.17. The van der Waals surface area contributed by atoms with Crippen LogP contribution in [0.15, 0.2) is 63.1 Å². The van der Waals surface area contributed by atoms with Crippen LogP contribution >= 0.6 is 27.7 Å². The quantitative estimate of drug-likeness (QED) is 0.817. The van der Waals surface area contributed by atoms with Gasteiger partial charge in [0.25, 0.3) is 5.91 Å². The minimum absolute atomic E-state index is 0.138. The van der Waals surface area contributed by atoms with E-state index in [4.69, 9.17) is 10.1 Å². The Morgan fingerprint density at radius 3 is 2.88 bits per heavy atom. The average Bonchev–Trinajstić information content (AvgIpc) is 2.65. The molecule has 0 bridgehead atoms. The Morgan fingerprint density at radius 2 is 2.08 bits per heavy atom. The van der Waals surface area contributed by atoms with Crippen LogP contribution in [-0.2, 0) is 4.79 Å². The molecule has 26 heavy (non-hydrogen) atoms. The van der Waals surface area contributed by atoms with Crippen molar-refractivity contribution in [3.8, 4) is 0 Å². The van der Waals surface area contributed by atoms with E-state index in [-0.39, 0.29) is 12.1 Å². The number of para-hydroxylation sites is 1. The van der Waals surface area contributed by atoms with Gasteiger partial charge in [-0.3, -0.25) is 15.1 Å². The molecule has 7 heteroatoms. The Balaban J connectivity index is 1.90. The lowest BCUT2D eigenvalue weighted by molar-refractivity contribution is -0.116. The van der Waals surface area contributed by atoms with E-state index in [0.29, 0.717) is 10.9 Å². The number of hydrogen-bond acceptors (Lipinski definition) is 5. The van der Waals surface area contributed by atoms with Crippen molar-refractivity contribution in [2.45, 2.75) is 19.5 Å². The maximum absolute atomic E-state index is 12.9. The van der Waals surface area contributed by atoms with Crippen molar-refractivity contribution in [3.05, 3.63) is 69.1 Å². The Kier molecular flexibility index (Phi) is 4.82. The smallest absolute Gasteiger partial charge is 0.276 e. The molecule has 2 aromatic rings. The Labute approximate surface area is 164 Å². The zero-order valence-corrected chi connectivity index (χ0v) is 16.5. The van der Waals surface area contributed by atoms with Crippen LogP contribution in [-0.4, -0.2) is 21.8 Å². The van der Waals surface area contributed by atoms with E-state index >= 15 is 0 Å². The molecule has 1 N–H and O–H groups in total. The van der Waals surface area contributed by atoms with Crippen LogP contribution in [0.5, 0.6) is 0 Å². The van der Waals surface area contributed by atoms with Crippen molar-refractivity contribution in [2.24, 2.45) is 10.1 Å². The Morgan fingerprint density at radius 1 is 1.23 bits per heavy atom. The summed E-state index contributed by atoms with van der Waals surface area (Å²) in [6.45, 7) is 2.10. The Hall–Kier alpha value is -2.12. The van der Waals surface area contributed by atoms with E-state index in [1.807, 2.05) is 48.5 Å². The molecule has 0 fully saturated rings. The molecule has 0 unspecified atom stereocenters. The van der Waals surface area contributed by atoms with E-state index in [2.05, 4.69) is 28.2 Å². The lowest BCUT2D eigenvalue weighted by Gasteiger charge is -2.34. The third-order valence-corrected chi connectivity index (χ3v) is 5.67. The Bertz CT molecular complexity index is 1020. The summed E-state index contributed by atoms with van der Waals surface area (Å²) in [7, 11) is 0. The van der Waals surface area contributed by atoms with Crippen molar-refractivity contribution < 1.29 is 4.79 Å². The number of nitrogens with zero attached hydrogens (tertiary/aromatic N) is 3. The molecule has 132 valence electrons. The molecular weight excluding hydrogens is 412 g/mol. The highest BCUT2D eigenvalue weighted by Gasteiger charge is 2.34. The first-order valence-electron chi connectivity index (χ1n) is 8.42. The van der Waals surface area contributed by atoms with Crippen molar-refractivity contribution in [1.29, 1.82) is 0 Å². The molecule has 0 saturated heterocycles. The van der Waals surface area contributed by atoms with Crippen LogP contribution in [0.25, 0.3) is 5.70 Å². The molecule has 0 spiro atoms. The maximum atomic E-state index is 12.9. The van der Waals surface area contributed by atoms with Gasteiger partial charge < -0.3 is 0 Å². The molecule has 5 nitrogen and oxygen atoms in total. The number of hydrogen-bond donors (Lipinski definition) is 1. The van der Waals surface area contributed by atoms with Crippen LogP contribution in [0.4, 0.5) is 0 Å². The molecule has 2 aliphatic rings. The first kappa shape index (κ1) is 17.3. The van der Waals surface area contributed by atoms with Crippen LogP contribution in [0.1, 0.15) is 25.1 Å².